The first kappa shape index (κ1) is 17.7. The van der Waals surface area contributed by atoms with Crippen molar-refractivity contribution >= 4 is 23.8 Å². The van der Waals surface area contributed by atoms with Gasteiger partial charge in [0.25, 0.3) is 0 Å². The lowest BCUT2D eigenvalue weighted by Crippen LogP contribution is -2.50. The first-order valence-corrected chi connectivity index (χ1v) is 8.44. The van der Waals surface area contributed by atoms with Gasteiger partial charge in [-0.2, -0.15) is 0 Å². The highest BCUT2D eigenvalue weighted by Gasteiger charge is 2.53. The largest absolute Gasteiger partial charge is 0.467 e. The highest BCUT2D eigenvalue weighted by atomic mass is 32.2. The topological polar surface area (TPSA) is 55.8 Å². The fourth-order valence-electron chi connectivity index (χ4n) is 2.61. The molecule has 0 spiro atoms. The molecule has 1 heterocycles. The van der Waals surface area contributed by atoms with Crippen LogP contribution in [0.3, 0.4) is 0 Å². The zero-order chi connectivity index (χ0) is 17.3. The average molecular weight is 337 g/mol. The molecule has 2 atom stereocenters. The molecule has 0 saturated carbocycles. The minimum atomic E-state index is -0.727. The molecule has 0 aromatic heterocycles. The van der Waals surface area contributed by atoms with E-state index in [2.05, 4.69) is 0 Å². The Morgan fingerprint density at radius 2 is 1.87 bits per heavy atom. The highest BCUT2D eigenvalue weighted by Crippen LogP contribution is 2.48. The monoisotopic (exact) mass is 337 g/mol. The quantitative estimate of drug-likeness (QED) is 0.774. The summed E-state index contributed by atoms with van der Waals surface area (Å²) < 4.78 is 9.82. The average Bonchev–Trinajstić information content (AvgIpc) is 2.85. The van der Waals surface area contributed by atoms with Crippen LogP contribution in [0.2, 0.25) is 0 Å². The molecule has 2 rings (SSSR count). The van der Waals surface area contributed by atoms with Gasteiger partial charge in [-0.05, 0) is 33.3 Å². The van der Waals surface area contributed by atoms with Crippen LogP contribution in [0.4, 0.5) is 4.79 Å². The molecule has 1 amide bonds. The van der Waals surface area contributed by atoms with E-state index in [0.29, 0.717) is 5.88 Å². The van der Waals surface area contributed by atoms with Crippen LogP contribution in [0.1, 0.15) is 33.3 Å². The van der Waals surface area contributed by atoms with E-state index < -0.39 is 28.5 Å². The van der Waals surface area contributed by atoms with Gasteiger partial charge in [0.15, 0.2) is 6.04 Å². The van der Waals surface area contributed by atoms with Gasteiger partial charge < -0.3 is 9.47 Å². The summed E-state index contributed by atoms with van der Waals surface area (Å²) in [6.07, 6.45) is -0.500. The van der Waals surface area contributed by atoms with Crippen LogP contribution in [0.25, 0.3) is 0 Å². The number of amides is 1. The lowest BCUT2D eigenvalue weighted by atomic mass is 9.91. The summed E-state index contributed by atoms with van der Waals surface area (Å²) in [4.78, 5) is 26.3. The van der Waals surface area contributed by atoms with Crippen LogP contribution >= 0.6 is 11.8 Å². The summed E-state index contributed by atoms with van der Waals surface area (Å²) in [6, 6.07) is 8.96. The number of methoxy groups -OCH3 is 1. The number of benzene rings is 1. The van der Waals surface area contributed by atoms with E-state index in [-0.39, 0.29) is 0 Å². The van der Waals surface area contributed by atoms with Crippen LogP contribution in [0.5, 0.6) is 0 Å². The normalized spacial score (nSPS) is 24.4. The van der Waals surface area contributed by atoms with Gasteiger partial charge in [-0.1, -0.05) is 30.3 Å². The molecule has 5 nitrogen and oxygen atoms in total. The van der Waals surface area contributed by atoms with Crippen molar-refractivity contribution in [2.75, 3.05) is 13.0 Å². The number of carbonyl (C=O) groups is 2. The molecule has 2 unspecified atom stereocenters. The van der Waals surface area contributed by atoms with Crippen molar-refractivity contribution in [2.24, 2.45) is 0 Å². The number of carbonyl (C=O) groups excluding carboxylic acids is 2. The molecule has 23 heavy (non-hydrogen) atoms. The number of hydrogen-bond acceptors (Lipinski definition) is 5. The summed E-state index contributed by atoms with van der Waals surface area (Å²) in [5, 5.41) is 0. The zero-order valence-electron chi connectivity index (χ0n) is 14.2. The van der Waals surface area contributed by atoms with Gasteiger partial charge in [0, 0.05) is 0 Å². The van der Waals surface area contributed by atoms with Crippen molar-refractivity contribution in [1.29, 1.82) is 0 Å². The Balaban J connectivity index is 2.36. The molecule has 1 aromatic rings. The summed E-state index contributed by atoms with van der Waals surface area (Å²) in [5.41, 5.74) is 0.361. The fourth-order valence-corrected chi connectivity index (χ4v) is 3.95. The second kappa shape index (κ2) is 6.43. The first-order chi connectivity index (χ1) is 10.7. The molecule has 0 N–H and O–H groups in total. The molecule has 0 aliphatic carbocycles. The molecule has 1 saturated heterocycles. The van der Waals surface area contributed by atoms with E-state index in [1.165, 1.54) is 23.8 Å². The van der Waals surface area contributed by atoms with Crippen molar-refractivity contribution in [3.8, 4) is 0 Å². The molecule has 126 valence electrons. The van der Waals surface area contributed by atoms with Crippen molar-refractivity contribution in [3.63, 3.8) is 0 Å². The van der Waals surface area contributed by atoms with Gasteiger partial charge in [-0.25, -0.2) is 9.59 Å². The number of ether oxygens (including phenoxy) is 2. The molecular weight excluding hydrogens is 314 g/mol. The van der Waals surface area contributed by atoms with E-state index in [1.807, 2.05) is 37.3 Å². The summed E-state index contributed by atoms with van der Waals surface area (Å²) in [7, 11) is 1.34. The Kier molecular flexibility index (Phi) is 4.94. The Morgan fingerprint density at radius 1 is 1.26 bits per heavy atom. The lowest BCUT2D eigenvalue weighted by Gasteiger charge is -2.33. The number of rotatable bonds is 2. The van der Waals surface area contributed by atoms with Crippen molar-refractivity contribution in [1.82, 2.24) is 4.90 Å². The van der Waals surface area contributed by atoms with Crippen molar-refractivity contribution < 1.29 is 19.1 Å². The van der Waals surface area contributed by atoms with Crippen LogP contribution in [0, 0.1) is 0 Å². The number of thioether (sulfide) groups is 1. The summed E-state index contributed by atoms with van der Waals surface area (Å²) >= 11 is 1.54. The predicted molar refractivity (Wildman–Crippen MR) is 90.1 cm³/mol. The molecule has 6 heteroatoms. The fraction of sp³-hybridized carbons (Fsp3) is 0.529. The van der Waals surface area contributed by atoms with Crippen molar-refractivity contribution in [2.45, 2.75) is 44.1 Å². The zero-order valence-corrected chi connectivity index (χ0v) is 15.0. The molecular formula is C17H23NO4S. The minimum absolute atomic E-state index is 0.375. The van der Waals surface area contributed by atoms with E-state index >= 15 is 0 Å². The molecule has 1 aromatic carbocycles. The molecule has 1 aliphatic heterocycles. The van der Waals surface area contributed by atoms with E-state index in [0.717, 1.165) is 5.56 Å². The number of hydrogen-bond donors (Lipinski definition) is 0. The molecule has 0 radical (unpaired) electrons. The summed E-state index contributed by atoms with van der Waals surface area (Å²) in [6.45, 7) is 7.37. The van der Waals surface area contributed by atoms with Gasteiger partial charge in [0.05, 0.1) is 17.7 Å². The van der Waals surface area contributed by atoms with Gasteiger partial charge in [0.2, 0.25) is 0 Å². The Labute approximate surface area is 141 Å². The lowest BCUT2D eigenvalue weighted by molar-refractivity contribution is -0.147. The second-order valence-electron chi connectivity index (χ2n) is 6.62. The molecule has 1 aliphatic rings. The van der Waals surface area contributed by atoms with Crippen LogP contribution in [-0.4, -0.2) is 41.6 Å². The van der Waals surface area contributed by atoms with E-state index in [9.17, 15) is 9.59 Å². The van der Waals surface area contributed by atoms with Crippen LogP contribution < -0.4 is 0 Å². The maximum absolute atomic E-state index is 12.5. The van der Waals surface area contributed by atoms with Gasteiger partial charge in [-0.3, -0.25) is 4.90 Å². The maximum Gasteiger partial charge on any atom is 0.411 e. The second-order valence-corrected chi connectivity index (χ2v) is 8.02. The molecule has 1 fully saturated rings. The van der Waals surface area contributed by atoms with E-state index in [1.54, 1.807) is 20.8 Å². The maximum atomic E-state index is 12.5. The third-order valence-electron chi connectivity index (χ3n) is 3.74. The first-order valence-electron chi connectivity index (χ1n) is 7.46. The Morgan fingerprint density at radius 3 is 2.39 bits per heavy atom. The Bertz CT molecular complexity index is 584. The van der Waals surface area contributed by atoms with Crippen LogP contribution in [0.15, 0.2) is 30.3 Å². The Hall–Kier alpha value is -1.69. The minimum Gasteiger partial charge on any atom is -0.467 e. The van der Waals surface area contributed by atoms with E-state index in [4.69, 9.17) is 9.47 Å². The van der Waals surface area contributed by atoms with Crippen LogP contribution in [-0.2, 0) is 19.0 Å². The van der Waals surface area contributed by atoms with Gasteiger partial charge >= 0.3 is 12.1 Å². The SMILES string of the molecule is COC(=O)C1N(C(=O)OC(C)(C)C)CSC1(C)c1ccccc1. The number of esters is 1. The number of nitrogens with zero attached hydrogens (tertiary/aromatic N) is 1. The van der Waals surface area contributed by atoms with Gasteiger partial charge in [0.1, 0.15) is 5.60 Å². The standard InChI is InChI=1S/C17H23NO4S/c1-16(2,3)22-15(20)18-11-23-17(4,13(18)14(19)21-5)12-9-7-6-8-10-12/h6-10,13H,11H2,1-5H3. The summed E-state index contributed by atoms with van der Waals surface area (Å²) in [5.74, 6) is -0.0627. The van der Waals surface area contributed by atoms with Gasteiger partial charge in [-0.15, -0.1) is 11.8 Å². The van der Waals surface area contributed by atoms with Crippen molar-refractivity contribution in [3.05, 3.63) is 35.9 Å². The molecule has 0 bridgehead atoms. The smallest absolute Gasteiger partial charge is 0.411 e. The third kappa shape index (κ3) is 3.63. The highest BCUT2D eigenvalue weighted by molar-refractivity contribution is 8.00. The predicted octanol–water partition coefficient (Wildman–Crippen LogP) is 3.38. The third-order valence-corrected chi connectivity index (χ3v) is 5.20.